The van der Waals surface area contributed by atoms with Crippen molar-refractivity contribution in [1.29, 1.82) is 0 Å². The van der Waals surface area contributed by atoms with Crippen LogP contribution < -0.4 is 5.32 Å². The molecule has 1 N–H and O–H groups in total. The molecular formula is C12H12BrFN2O. The molecule has 0 aliphatic carbocycles. The number of benzene rings is 1. The summed E-state index contributed by atoms with van der Waals surface area (Å²) in [7, 11) is 0. The molecule has 2 aromatic rings. The molecule has 1 aromatic carbocycles. The molecule has 0 aliphatic rings. The molecule has 1 heterocycles. The summed E-state index contributed by atoms with van der Waals surface area (Å²) in [6, 6.07) is 5.03. The highest BCUT2D eigenvalue weighted by Gasteiger charge is 2.13. The van der Waals surface area contributed by atoms with Crippen molar-refractivity contribution in [3.63, 3.8) is 0 Å². The van der Waals surface area contributed by atoms with Crippen molar-refractivity contribution < 1.29 is 8.81 Å². The standard InChI is InChI=1S/C12H12BrFN2O/c1-2-15-6-8-7-17-12(16-8)9-4-3-5-10(13)11(9)14/h3-5,7,15H,2,6H2,1H3. The first-order valence-electron chi connectivity index (χ1n) is 5.32. The van der Waals surface area contributed by atoms with Gasteiger partial charge in [0.1, 0.15) is 12.1 Å². The van der Waals surface area contributed by atoms with Crippen LogP contribution in [0.25, 0.3) is 11.5 Å². The zero-order valence-corrected chi connectivity index (χ0v) is 10.9. The first-order chi connectivity index (χ1) is 8.22. The maximum Gasteiger partial charge on any atom is 0.229 e. The van der Waals surface area contributed by atoms with Gasteiger partial charge in [-0.3, -0.25) is 0 Å². The summed E-state index contributed by atoms with van der Waals surface area (Å²) >= 11 is 3.14. The summed E-state index contributed by atoms with van der Waals surface area (Å²) in [4.78, 5) is 4.23. The SMILES string of the molecule is CCNCc1coc(-c2cccc(Br)c2F)n1. The molecule has 0 fully saturated rings. The van der Waals surface area contributed by atoms with Crippen LogP contribution in [0.1, 0.15) is 12.6 Å². The highest BCUT2D eigenvalue weighted by Crippen LogP contribution is 2.27. The molecule has 0 aliphatic heterocycles. The molecule has 90 valence electrons. The van der Waals surface area contributed by atoms with E-state index in [9.17, 15) is 4.39 Å². The van der Waals surface area contributed by atoms with Crippen LogP contribution in [-0.2, 0) is 6.54 Å². The van der Waals surface area contributed by atoms with Gasteiger partial charge in [-0.1, -0.05) is 13.0 Å². The van der Waals surface area contributed by atoms with Crippen LogP contribution in [-0.4, -0.2) is 11.5 Å². The number of nitrogens with one attached hydrogen (secondary N) is 1. The molecular weight excluding hydrogens is 287 g/mol. The summed E-state index contributed by atoms with van der Waals surface area (Å²) in [5, 5.41) is 3.13. The Bertz CT molecular complexity index is 513. The van der Waals surface area contributed by atoms with Gasteiger partial charge in [-0.15, -0.1) is 0 Å². The fourth-order valence-corrected chi connectivity index (χ4v) is 1.80. The monoisotopic (exact) mass is 298 g/mol. The maximum atomic E-state index is 13.8. The maximum absolute atomic E-state index is 13.8. The van der Waals surface area contributed by atoms with E-state index in [1.807, 2.05) is 6.92 Å². The van der Waals surface area contributed by atoms with E-state index in [-0.39, 0.29) is 5.82 Å². The van der Waals surface area contributed by atoms with Gasteiger partial charge in [0.25, 0.3) is 0 Å². The van der Waals surface area contributed by atoms with Gasteiger partial charge < -0.3 is 9.73 Å². The zero-order chi connectivity index (χ0) is 12.3. The topological polar surface area (TPSA) is 38.1 Å². The fraction of sp³-hybridized carbons (Fsp3) is 0.250. The summed E-state index contributed by atoms with van der Waals surface area (Å²) in [5.41, 5.74) is 1.13. The smallest absolute Gasteiger partial charge is 0.229 e. The summed E-state index contributed by atoms with van der Waals surface area (Å²) in [6.45, 7) is 3.48. The number of aromatic nitrogens is 1. The molecule has 0 saturated carbocycles. The summed E-state index contributed by atoms with van der Waals surface area (Å²) in [6.07, 6.45) is 1.54. The quantitative estimate of drug-likeness (QED) is 0.941. The van der Waals surface area contributed by atoms with Crippen molar-refractivity contribution in [2.75, 3.05) is 6.54 Å². The molecule has 2 rings (SSSR count). The number of rotatable bonds is 4. The van der Waals surface area contributed by atoms with E-state index in [2.05, 4.69) is 26.2 Å². The van der Waals surface area contributed by atoms with Crippen molar-refractivity contribution in [1.82, 2.24) is 10.3 Å². The lowest BCUT2D eigenvalue weighted by Gasteiger charge is -1.99. The Morgan fingerprint density at radius 2 is 2.29 bits per heavy atom. The Morgan fingerprint density at radius 3 is 3.06 bits per heavy atom. The zero-order valence-electron chi connectivity index (χ0n) is 9.34. The second-order valence-electron chi connectivity index (χ2n) is 3.53. The van der Waals surface area contributed by atoms with Gasteiger partial charge in [-0.2, -0.15) is 0 Å². The van der Waals surface area contributed by atoms with Gasteiger partial charge in [0, 0.05) is 6.54 Å². The molecule has 17 heavy (non-hydrogen) atoms. The average molecular weight is 299 g/mol. The third kappa shape index (κ3) is 2.73. The Morgan fingerprint density at radius 1 is 1.47 bits per heavy atom. The van der Waals surface area contributed by atoms with Crippen molar-refractivity contribution in [3.8, 4) is 11.5 Å². The van der Waals surface area contributed by atoms with E-state index in [4.69, 9.17) is 4.42 Å². The molecule has 5 heteroatoms. The number of halogens is 2. The minimum absolute atomic E-state index is 0.303. The first kappa shape index (κ1) is 12.3. The fourth-order valence-electron chi connectivity index (χ4n) is 1.43. The molecule has 0 atom stereocenters. The van der Waals surface area contributed by atoms with Crippen LogP contribution in [0.5, 0.6) is 0 Å². The van der Waals surface area contributed by atoms with Crippen LogP contribution in [0.15, 0.2) is 33.4 Å². The number of oxazole rings is 1. The van der Waals surface area contributed by atoms with E-state index >= 15 is 0 Å². The molecule has 1 aromatic heterocycles. The van der Waals surface area contributed by atoms with Gasteiger partial charge >= 0.3 is 0 Å². The second-order valence-corrected chi connectivity index (χ2v) is 4.38. The van der Waals surface area contributed by atoms with Crippen LogP contribution in [0.4, 0.5) is 4.39 Å². The highest BCUT2D eigenvalue weighted by molar-refractivity contribution is 9.10. The Labute approximate surface area is 107 Å². The lowest BCUT2D eigenvalue weighted by molar-refractivity contribution is 0.558. The van der Waals surface area contributed by atoms with Gasteiger partial charge in [-0.05, 0) is 34.6 Å². The van der Waals surface area contributed by atoms with Crippen molar-refractivity contribution >= 4 is 15.9 Å². The Hall–Kier alpha value is -1.20. The van der Waals surface area contributed by atoms with Gasteiger partial charge in [0.2, 0.25) is 5.89 Å². The predicted molar refractivity (Wildman–Crippen MR) is 67.0 cm³/mol. The predicted octanol–water partition coefficient (Wildman–Crippen LogP) is 3.35. The van der Waals surface area contributed by atoms with Crippen LogP contribution >= 0.6 is 15.9 Å². The Kier molecular flexibility index (Phi) is 3.91. The molecule has 0 radical (unpaired) electrons. The van der Waals surface area contributed by atoms with E-state index in [0.717, 1.165) is 12.2 Å². The minimum atomic E-state index is -0.357. The third-order valence-corrected chi connectivity index (χ3v) is 2.90. The summed E-state index contributed by atoms with van der Waals surface area (Å²) in [5.74, 6) is -0.0546. The second kappa shape index (κ2) is 5.42. The highest BCUT2D eigenvalue weighted by atomic mass is 79.9. The normalized spacial score (nSPS) is 10.8. The molecule has 0 spiro atoms. The van der Waals surface area contributed by atoms with Crippen molar-refractivity contribution in [3.05, 3.63) is 40.4 Å². The molecule has 0 bridgehead atoms. The number of hydrogen-bond donors (Lipinski definition) is 1. The molecule has 0 amide bonds. The van der Waals surface area contributed by atoms with Crippen molar-refractivity contribution in [2.45, 2.75) is 13.5 Å². The third-order valence-electron chi connectivity index (χ3n) is 2.29. The lowest BCUT2D eigenvalue weighted by Crippen LogP contribution is -2.11. The van der Waals surface area contributed by atoms with Crippen LogP contribution in [0.3, 0.4) is 0 Å². The number of nitrogens with zero attached hydrogens (tertiary/aromatic N) is 1. The van der Waals surface area contributed by atoms with Crippen LogP contribution in [0, 0.1) is 5.82 Å². The van der Waals surface area contributed by atoms with E-state index < -0.39 is 0 Å². The van der Waals surface area contributed by atoms with Gasteiger partial charge in [-0.25, -0.2) is 9.37 Å². The number of hydrogen-bond acceptors (Lipinski definition) is 3. The first-order valence-corrected chi connectivity index (χ1v) is 6.11. The van der Waals surface area contributed by atoms with Crippen molar-refractivity contribution in [2.24, 2.45) is 0 Å². The van der Waals surface area contributed by atoms with Gasteiger partial charge in [0.05, 0.1) is 15.7 Å². The van der Waals surface area contributed by atoms with Crippen LogP contribution in [0.2, 0.25) is 0 Å². The molecule has 0 unspecified atom stereocenters. The molecule has 3 nitrogen and oxygen atoms in total. The van der Waals surface area contributed by atoms with Gasteiger partial charge in [0.15, 0.2) is 0 Å². The minimum Gasteiger partial charge on any atom is -0.444 e. The largest absolute Gasteiger partial charge is 0.444 e. The van der Waals surface area contributed by atoms with E-state index in [1.165, 1.54) is 0 Å². The lowest BCUT2D eigenvalue weighted by atomic mass is 10.2. The van der Waals surface area contributed by atoms with E-state index in [0.29, 0.717) is 22.5 Å². The Balaban J connectivity index is 2.27. The summed E-state index contributed by atoms with van der Waals surface area (Å²) < 4.78 is 19.5. The van der Waals surface area contributed by atoms with E-state index in [1.54, 1.807) is 24.5 Å². The average Bonchev–Trinajstić information content (AvgIpc) is 2.78. The molecule has 0 saturated heterocycles.